The maximum Gasteiger partial charge on any atom is 0.191 e. The molecule has 0 saturated heterocycles. The number of rotatable bonds is 6. The molecule has 3 aromatic heterocycles. The molecule has 0 saturated carbocycles. The van der Waals surface area contributed by atoms with Crippen molar-refractivity contribution in [1.29, 1.82) is 0 Å². The molecule has 0 aliphatic rings. The topological polar surface area (TPSA) is 56.5 Å². The molecular weight excluding hydrogens is 374 g/mol. The van der Waals surface area contributed by atoms with E-state index in [1.807, 2.05) is 18.2 Å². The SMILES string of the molecule is CCn1c(SCc2csc(-c3ccc(C)cc3)n2)nnc1-c1ccccn1. The summed E-state index contributed by atoms with van der Waals surface area (Å²) in [5, 5.41) is 12.8. The molecule has 0 aliphatic carbocycles. The number of benzene rings is 1. The van der Waals surface area contributed by atoms with Gasteiger partial charge in [0.25, 0.3) is 0 Å². The average Bonchev–Trinajstić information content (AvgIpc) is 3.34. The quantitative estimate of drug-likeness (QED) is 0.427. The second-order valence-electron chi connectivity index (χ2n) is 6.06. The Hall–Kier alpha value is -2.51. The summed E-state index contributed by atoms with van der Waals surface area (Å²) in [5.41, 5.74) is 4.32. The van der Waals surface area contributed by atoms with Crippen LogP contribution in [0.15, 0.2) is 59.2 Å². The molecule has 1 aromatic carbocycles. The van der Waals surface area contributed by atoms with Gasteiger partial charge in [-0.15, -0.1) is 21.5 Å². The zero-order valence-electron chi connectivity index (χ0n) is 15.2. The Morgan fingerprint density at radius 1 is 1.07 bits per heavy atom. The Labute approximate surface area is 166 Å². The van der Waals surface area contributed by atoms with Gasteiger partial charge in [-0.1, -0.05) is 47.7 Å². The second kappa shape index (κ2) is 8.02. The van der Waals surface area contributed by atoms with Crippen molar-refractivity contribution >= 4 is 23.1 Å². The highest BCUT2D eigenvalue weighted by atomic mass is 32.2. The van der Waals surface area contributed by atoms with E-state index in [2.05, 4.69) is 63.2 Å². The zero-order valence-corrected chi connectivity index (χ0v) is 16.8. The monoisotopic (exact) mass is 393 g/mol. The van der Waals surface area contributed by atoms with Crippen LogP contribution in [0.2, 0.25) is 0 Å². The Morgan fingerprint density at radius 3 is 2.67 bits per heavy atom. The van der Waals surface area contributed by atoms with E-state index < -0.39 is 0 Å². The lowest BCUT2D eigenvalue weighted by Gasteiger charge is -2.06. The fourth-order valence-corrected chi connectivity index (χ4v) is 4.53. The third kappa shape index (κ3) is 3.94. The van der Waals surface area contributed by atoms with E-state index in [1.54, 1.807) is 29.3 Å². The van der Waals surface area contributed by atoms with Crippen LogP contribution in [-0.4, -0.2) is 24.7 Å². The minimum absolute atomic E-state index is 0.767. The van der Waals surface area contributed by atoms with Crippen LogP contribution in [0, 0.1) is 6.92 Å². The lowest BCUT2D eigenvalue weighted by atomic mass is 10.2. The summed E-state index contributed by atoms with van der Waals surface area (Å²) in [6, 6.07) is 14.3. The first kappa shape index (κ1) is 17.9. The third-order valence-electron chi connectivity index (χ3n) is 4.13. The number of hydrogen-bond donors (Lipinski definition) is 0. The van der Waals surface area contributed by atoms with E-state index in [-0.39, 0.29) is 0 Å². The van der Waals surface area contributed by atoms with E-state index in [4.69, 9.17) is 4.98 Å². The molecule has 27 heavy (non-hydrogen) atoms. The molecule has 0 amide bonds. The first-order valence-corrected chi connectivity index (χ1v) is 10.6. The lowest BCUT2D eigenvalue weighted by molar-refractivity contribution is 0.686. The number of pyridine rings is 1. The first-order chi connectivity index (χ1) is 13.2. The summed E-state index contributed by atoms with van der Waals surface area (Å²) in [6.07, 6.45) is 1.78. The van der Waals surface area contributed by atoms with E-state index in [0.29, 0.717) is 0 Å². The second-order valence-corrected chi connectivity index (χ2v) is 7.86. The maximum absolute atomic E-state index is 4.77. The number of thiazole rings is 1. The molecule has 5 nitrogen and oxygen atoms in total. The normalized spacial score (nSPS) is 11.0. The minimum atomic E-state index is 0.767. The van der Waals surface area contributed by atoms with E-state index in [0.717, 1.165) is 45.2 Å². The highest BCUT2D eigenvalue weighted by Gasteiger charge is 2.14. The van der Waals surface area contributed by atoms with Crippen molar-refractivity contribution in [3.8, 4) is 22.1 Å². The molecule has 0 atom stereocenters. The Bertz CT molecular complexity index is 1020. The van der Waals surface area contributed by atoms with Gasteiger partial charge in [0.15, 0.2) is 11.0 Å². The summed E-state index contributed by atoms with van der Waals surface area (Å²) in [4.78, 5) is 9.16. The fraction of sp³-hybridized carbons (Fsp3) is 0.200. The van der Waals surface area contributed by atoms with E-state index in [1.165, 1.54) is 5.56 Å². The number of nitrogens with zero attached hydrogens (tertiary/aromatic N) is 5. The Kier molecular flexibility index (Phi) is 5.31. The number of aromatic nitrogens is 5. The molecule has 0 fully saturated rings. The van der Waals surface area contributed by atoms with Crippen molar-refractivity contribution in [2.45, 2.75) is 31.3 Å². The summed E-state index contributed by atoms with van der Waals surface area (Å²) >= 11 is 3.34. The van der Waals surface area contributed by atoms with Gasteiger partial charge >= 0.3 is 0 Å². The van der Waals surface area contributed by atoms with Crippen molar-refractivity contribution in [2.24, 2.45) is 0 Å². The molecule has 0 spiro atoms. The van der Waals surface area contributed by atoms with Gasteiger partial charge < -0.3 is 4.57 Å². The van der Waals surface area contributed by atoms with Crippen molar-refractivity contribution in [3.63, 3.8) is 0 Å². The van der Waals surface area contributed by atoms with Crippen molar-refractivity contribution in [1.82, 2.24) is 24.7 Å². The van der Waals surface area contributed by atoms with Gasteiger partial charge in [-0.05, 0) is 26.0 Å². The molecule has 136 valence electrons. The van der Waals surface area contributed by atoms with Gasteiger partial charge in [-0.25, -0.2) is 4.98 Å². The number of hydrogen-bond acceptors (Lipinski definition) is 6. The van der Waals surface area contributed by atoms with Crippen LogP contribution >= 0.6 is 23.1 Å². The summed E-state index contributed by atoms with van der Waals surface area (Å²) in [7, 11) is 0. The standard InChI is InChI=1S/C20H19N5S2/c1-3-25-18(17-6-4-5-11-21-17)23-24-20(25)27-13-16-12-26-19(22-16)15-9-7-14(2)8-10-15/h4-12H,3,13H2,1-2H3. The average molecular weight is 394 g/mol. The number of aryl methyl sites for hydroxylation is 1. The molecular formula is C20H19N5S2. The molecule has 4 aromatic rings. The molecule has 3 heterocycles. The summed E-state index contributed by atoms with van der Waals surface area (Å²) in [5.74, 6) is 1.57. The highest BCUT2D eigenvalue weighted by Crippen LogP contribution is 2.29. The van der Waals surface area contributed by atoms with E-state index >= 15 is 0 Å². The Morgan fingerprint density at radius 2 is 1.93 bits per heavy atom. The Balaban J connectivity index is 1.50. The van der Waals surface area contributed by atoms with Gasteiger partial charge in [-0.2, -0.15) is 0 Å². The maximum atomic E-state index is 4.77. The van der Waals surface area contributed by atoms with E-state index in [9.17, 15) is 0 Å². The molecule has 0 N–H and O–H groups in total. The summed E-state index contributed by atoms with van der Waals surface area (Å²) in [6.45, 7) is 4.99. The van der Waals surface area contributed by atoms with Gasteiger partial charge in [-0.3, -0.25) is 4.98 Å². The molecule has 7 heteroatoms. The van der Waals surface area contributed by atoms with Crippen LogP contribution in [0.1, 0.15) is 18.2 Å². The predicted molar refractivity (Wildman–Crippen MR) is 111 cm³/mol. The molecule has 0 radical (unpaired) electrons. The van der Waals surface area contributed by atoms with Crippen LogP contribution in [0.4, 0.5) is 0 Å². The van der Waals surface area contributed by atoms with Crippen LogP contribution in [0.25, 0.3) is 22.1 Å². The minimum Gasteiger partial charge on any atom is -0.301 e. The smallest absolute Gasteiger partial charge is 0.191 e. The largest absolute Gasteiger partial charge is 0.301 e. The highest BCUT2D eigenvalue weighted by molar-refractivity contribution is 7.98. The van der Waals surface area contributed by atoms with Crippen molar-refractivity contribution in [2.75, 3.05) is 0 Å². The third-order valence-corrected chi connectivity index (χ3v) is 6.07. The van der Waals surface area contributed by atoms with Gasteiger partial charge in [0.05, 0.1) is 5.69 Å². The van der Waals surface area contributed by atoms with Crippen molar-refractivity contribution < 1.29 is 0 Å². The van der Waals surface area contributed by atoms with Crippen molar-refractivity contribution in [3.05, 3.63) is 65.3 Å². The van der Waals surface area contributed by atoms with Crippen LogP contribution in [0.3, 0.4) is 0 Å². The predicted octanol–water partition coefficient (Wildman–Crippen LogP) is 5.08. The van der Waals surface area contributed by atoms with Gasteiger partial charge in [0.2, 0.25) is 0 Å². The van der Waals surface area contributed by atoms with Crippen LogP contribution < -0.4 is 0 Å². The number of thioether (sulfide) groups is 1. The fourth-order valence-electron chi connectivity index (χ4n) is 2.71. The van der Waals surface area contributed by atoms with Gasteiger partial charge in [0, 0.05) is 29.4 Å². The molecule has 0 aliphatic heterocycles. The lowest BCUT2D eigenvalue weighted by Crippen LogP contribution is -2.00. The molecule has 4 rings (SSSR count). The zero-order chi connectivity index (χ0) is 18.6. The molecule has 0 unspecified atom stereocenters. The van der Waals surface area contributed by atoms with Crippen LogP contribution in [0.5, 0.6) is 0 Å². The van der Waals surface area contributed by atoms with Crippen LogP contribution in [-0.2, 0) is 12.3 Å². The molecule has 0 bridgehead atoms. The first-order valence-electron chi connectivity index (χ1n) is 8.73. The van der Waals surface area contributed by atoms with Gasteiger partial charge in [0.1, 0.15) is 10.7 Å². The summed E-state index contributed by atoms with van der Waals surface area (Å²) < 4.78 is 2.10.